The van der Waals surface area contributed by atoms with Gasteiger partial charge >= 0.3 is 0 Å². The van der Waals surface area contributed by atoms with Crippen molar-refractivity contribution >= 4 is 40.4 Å². The number of hydrogen-bond acceptors (Lipinski definition) is 7. The van der Waals surface area contributed by atoms with Crippen molar-refractivity contribution in [3.05, 3.63) is 80.5 Å². The Bertz CT molecular complexity index is 1270. The van der Waals surface area contributed by atoms with Crippen molar-refractivity contribution in [2.24, 2.45) is 0 Å². The number of likely N-dealkylation sites (tertiary alicyclic amines) is 1. The molecule has 4 rings (SSSR count). The van der Waals surface area contributed by atoms with Crippen LogP contribution in [0.15, 0.2) is 59.5 Å². The fourth-order valence-corrected chi connectivity index (χ4v) is 4.85. The number of rotatable bonds is 7. The number of hydrogen-bond donors (Lipinski definition) is 1. The number of methoxy groups -OCH3 is 3. The Balaban J connectivity index is 1.93. The highest BCUT2D eigenvalue weighted by Crippen LogP contribution is 2.44. The fraction of sp³-hybridized carbons (Fsp3) is 0.200. The van der Waals surface area contributed by atoms with E-state index in [2.05, 4.69) is 0 Å². The number of carbonyl (C=O) groups is 2. The summed E-state index contributed by atoms with van der Waals surface area (Å²) in [6.07, 6.45) is 0. The molecule has 176 valence electrons. The lowest BCUT2D eigenvalue weighted by molar-refractivity contribution is -0.140. The maximum absolute atomic E-state index is 13.3. The highest BCUT2D eigenvalue weighted by molar-refractivity contribution is 7.09. The van der Waals surface area contributed by atoms with Gasteiger partial charge in [0.1, 0.15) is 11.5 Å². The van der Waals surface area contributed by atoms with E-state index >= 15 is 0 Å². The van der Waals surface area contributed by atoms with Crippen molar-refractivity contribution in [2.75, 3.05) is 21.3 Å². The summed E-state index contributed by atoms with van der Waals surface area (Å²) in [6, 6.07) is 12.7. The first-order valence-electron chi connectivity index (χ1n) is 10.3. The minimum Gasteiger partial charge on any atom is -0.507 e. The van der Waals surface area contributed by atoms with Crippen molar-refractivity contribution in [1.29, 1.82) is 0 Å². The van der Waals surface area contributed by atoms with E-state index in [1.165, 1.54) is 43.6 Å². The summed E-state index contributed by atoms with van der Waals surface area (Å²) in [5.74, 6) is -0.517. The molecule has 9 heteroatoms. The third-order valence-electron chi connectivity index (χ3n) is 5.60. The molecular formula is C25H22ClNO6S. The predicted octanol–water partition coefficient (Wildman–Crippen LogP) is 5.05. The number of amides is 1. The van der Waals surface area contributed by atoms with Gasteiger partial charge in [0.15, 0.2) is 11.5 Å². The summed E-state index contributed by atoms with van der Waals surface area (Å²) in [6.45, 7) is 0.198. The fourth-order valence-electron chi connectivity index (χ4n) is 3.94. The molecular weight excluding hydrogens is 478 g/mol. The van der Waals surface area contributed by atoms with Gasteiger partial charge in [-0.1, -0.05) is 23.7 Å². The Kier molecular flexibility index (Phi) is 6.81. The van der Waals surface area contributed by atoms with Crippen LogP contribution in [0.1, 0.15) is 22.0 Å². The highest BCUT2D eigenvalue weighted by atomic mass is 35.5. The Labute approximate surface area is 205 Å². The summed E-state index contributed by atoms with van der Waals surface area (Å²) in [4.78, 5) is 28.8. The zero-order chi connectivity index (χ0) is 24.4. The van der Waals surface area contributed by atoms with Gasteiger partial charge in [-0.3, -0.25) is 9.59 Å². The molecule has 1 aromatic heterocycles. The van der Waals surface area contributed by atoms with Crippen LogP contribution in [-0.2, 0) is 16.1 Å². The molecule has 1 fully saturated rings. The molecule has 1 saturated heterocycles. The van der Waals surface area contributed by atoms with Gasteiger partial charge in [-0.25, -0.2) is 0 Å². The van der Waals surface area contributed by atoms with Crippen LogP contribution in [0.4, 0.5) is 0 Å². The number of carbonyl (C=O) groups excluding carboxylic acids is 2. The molecule has 7 nitrogen and oxygen atoms in total. The van der Waals surface area contributed by atoms with Crippen molar-refractivity contribution in [3.63, 3.8) is 0 Å². The van der Waals surface area contributed by atoms with Gasteiger partial charge in [-0.2, -0.15) is 0 Å². The molecule has 34 heavy (non-hydrogen) atoms. The number of nitrogens with zero attached hydrogens (tertiary/aromatic N) is 1. The summed E-state index contributed by atoms with van der Waals surface area (Å²) in [5, 5.41) is 13.4. The molecule has 1 aliphatic rings. The minimum absolute atomic E-state index is 0.0658. The number of thiophene rings is 1. The maximum Gasteiger partial charge on any atom is 0.295 e. The van der Waals surface area contributed by atoms with Gasteiger partial charge in [0, 0.05) is 10.4 Å². The van der Waals surface area contributed by atoms with E-state index in [0.717, 1.165) is 4.88 Å². The van der Waals surface area contributed by atoms with Crippen LogP contribution in [0.3, 0.4) is 0 Å². The number of ether oxygens (including phenoxy) is 3. The second-order valence-electron chi connectivity index (χ2n) is 7.47. The molecule has 0 radical (unpaired) electrons. The van der Waals surface area contributed by atoms with Gasteiger partial charge in [0.05, 0.1) is 44.5 Å². The molecule has 1 aliphatic heterocycles. The van der Waals surface area contributed by atoms with Crippen LogP contribution in [0, 0.1) is 0 Å². The number of aliphatic hydroxyl groups excluding tert-OH is 1. The lowest BCUT2D eigenvalue weighted by Gasteiger charge is -2.25. The van der Waals surface area contributed by atoms with E-state index in [0.29, 0.717) is 22.8 Å². The third-order valence-corrected chi connectivity index (χ3v) is 6.79. The van der Waals surface area contributed by atoms with E-state index in [-0.39, 0.29) is 28.5 Å². The average Bonchev–Trinajstić information content (AvgIpc) is 3.46. The summed E-state index contributed by atoms with van der Waals surface area (Å²) in [7, 11) is 4.50. The van der Waals surface area contributed by atoms with E-state index in [9.17, 15) is 14.7 Å². The average molecular weight is 500 g/mol. The SMILES string of the molecule is COc1ccc(Cl)c(/C(O)=C2\C(=O)C(=O)N(Cc3cccs3)C2c2ccc(OC)c(OC)c2)c1. The van der Waals surface area contributed by atoms with Gasteiger partial charge in [-0.15, -0.1) is 11.3 Å². The smallest absolute Gasteiger partial charge is 0.295 e. The molecule has 0 saturated carbocycles. The normalized spacial score (nSPS) is 17.2. The zero-order valence-electron chi connectivity index (χ0n) is 18.7. The zero-order valence-corrected chi connectivity index (χ0v) is 20.3. The molecule has 1 N–H and O–H groups in total. The molecule has 2 heterocycles. The predicted molar refractivity (Wildman–Crippen MR) is 130 cm³/mol. The Morgan fingerprint density at radius 2 is 1.79 bits per heavy atom. The third kappa shape index (κ3) is 4.22. The van der Waals surface area contributed by atoms with Crippen molar-refractivity contribution in [3.8, 4) is 17.2 Å². The quantitative estimate of drug-likeness (QED) is 0.278. The van der Waals surface area contributed by atoms with Crippen molar-refractivity contribution in [2.45, 2.75) is 12.6 Å². The van der Waals surface area contributed by atoms with Crippen LogP contribution in [0.5, 0.6) is 17.2 Å². The number of halogens is 1. The summed E-state index contributed by atoms with van der Waals surface area (Å²) >= 11 is 7.82. The Morgan fingerprint density at radius 1 is 1.03 bits per heavy atom. The van der Waals surface area contributed by atoms with Gasteiger partial charge in [0.2, 0.25) is 0 Å². The van der Waals surface area contributed by atoms with Crippen LogP contribution >= 0.6 is 22.9 Å². The Hall–Kier alpha value is -3.49. The first kappa shape index (κ1) is 23.7. The van der Waals surface area contributed by atoms with E-state index in [1.54, 1.807) is 30.3 Å². The standard InChI is InChI=1S/C25H22ClNO6S/c1-31-15-7-8-18(26)17(12-15)23(28)21-22(14-6-9-19(32-2)20(11-14)33-3)27(25(30)24(21)29)13-16-5-4-10-34-16/h4-12,22,28H,13H2,1-3H3/b23-21+. The minimum atomic E-state index is -0.871. The second-order valence-corrected chi connectivity index (χ2v) is 8.91. The molecule has 3 aromatic rings. The van der Waals surface area contributed by atoms with E-state index in [1.807, 2.05) is 17.5 Å². The second kappa shape index (κ2) is 9.79. The number of benzene rings is 2. The molecule has 1 unspecified atom stereocenters. The largest absolute Gasteiger partial charge is 0.507 e. The molecule has 0 aliphatic carbocycles. The molecule has 1 atom stereocenters. The molecule has 0 spiro atoms. The van der Waals surface area contributed by atoms with Crippen molar-refractivity contribution in [1.82, 2.24) is 4.90 Å². The maximum atomic E-state index is 13.3. The number of ketones is 1. The molecule has 1 amide bonds. The van der Waals surface area contributed by atoms with Crippen LogP contribution < -0.4 is 14.2 Å². The highest BCUT2D eigenvalue weighted by Gasteiger charge is 2.46. The number of aliphatic hydroxyl groups is 1. The van der Waals surface area contributed by atoms with E-state index < -0.39 is 17.7 Å². The van der Waals surface area contributed by atoms with Gasteiger partial charge in [0.25, 0.3) is 11.7 Å². The van der Waals surface area contributed by atoms with Crippen LogP contribution in [0.2, 0.25) is 5.02 Å². The monoisotopic (exact) mass is 499 g/mol. The van der Waals surface area contributed by atoms with Crippen LogP contribution in [-0.4, -0.2) is 43.0 Å². The summed E-state index contributed by atoms with van der Waals surface area (Å²) in [5.41, 5.74) is 0.707. The van der Waals surface area contributed by atoms with Gasteiger partial charge in [-0.05, 0) is 47.3 Å². The lowest BCUT2D eigenvalue weighted by Crippen LogP contribution is -2.28. The first-order valence-corrected chi connectivity index (χ1v) is 11.5. The Morgan fingerprint density at radius 3 is 2.44 bits per heavy atom. The molecule has 2 aromatic carbocycles. The van der Waals surface area contributed by atoms with Crippen molar-refractivity contribution < 1.29 is 28.9 Å². The van der Waals surface area contributed by atoms with E-state index in [4.69, 9.17) is 25.8 Å². The first-order chi connectivity index (χ1) is 16.4. The lowest BCUT2D eigenvalue weighted by atomic mass is 9.95. The topological polar surface area (TPSA) is 85.3 Å². The number of Topliss-reactive ketones (excluding diaryl/α,β-unsaturated/α-hetero) is 1. The van der Waals surface area contributed by atoms with Gasteiger partial charge < -0.3 is 24.2 Å². The molecule has 0 bridgehead atoms. The van der Waals surface area contributed by atoms with Crippen LogP contribution in [0.25, 0.3) is 5.76 Å². The summed E-state index contributed by atoms with van der Waals surface area (Å²) < 4.78 is 16.0.